The number of hydrogen-bond donors (Lipinski definition) is 1. The summed E-state index contributed by atoms with van der Waals surface area (Å²) in [5.74, 6) is 0.403. The van der Waals surface area contributed by atoms with Gasteiger partial charge in [-0.1, -0.05) is 32.1 Å². The van der Waals surface area contributed by atoms with Crippen LogP contribution >= 0.6 is 0 Å². The largest absolute Gasteiger partial charge is 0.481 e. The number of carbonyl (C=O) groups excluding carboxylic acids is 1. The maximum absolute atomic E-state index is 12.6. The van der Waals surface area contributed by atoms with Crippen molar-refractivity contribution in [2.75, 3.05) is 13.1 Å². The third kappa shape index (κ3) is 5.33. The van der Waals surface area contributed by atoms with Crippen molar-refractivity contribution in [1.82, 2.24) is 4.90 Å². The van der Waals surface area contributed by atoms with Gasteiger partial charge in [0.2, 0.25) is 5.91 Å². The van der Waals surface area contributed by atoms with E-state index in [0.29, 0.717) is 11.8 Å². The fourth-order valence-corrected chi connectivity index (χ4v) is 3.73. The van der Waals surface area contributed by atoms with Gasteiger partial charge in [0.05, 0.1) is 0 Å². The highest BCUT2D eigenvalue weighted by molar-refractivity contribution is 5.78. The van der Waals surface area contributed by atoms with E-state index >= 15 is 0 Å². The highest BCUT2D eigenvalue weighted by Gasteiger charge is 2.28. The van der Waals surface area contributed by atoms with Crippen LogP contribution in [0.4, 0.5) is 0 Å². The first-order valence-corrected chi connectivity index (χ1v) is 8.67. The molecule has 0 spiro atoms. The number of carboxylic acid groups (broad SMARTS) is 1. The standard InChI is InChI=1S/C17H29NO3/c19-16(20)9-8-14-10-12-18(13-11-14)17(21)15-6-4-2-1-3-5-7-15/h14-15H,1-13H2,(H,19,20). The molecule has 21 heavy (non-hydrogen) atoms. The lowest BCUT2D eigenvalue weighted by Gasteiger charge is -2.34. The maximum atomic E-state index is 12.6. The fraction of sp³-hybridized carbons (Fsp3) is 0.882. The smallest absolute Gasteiger partial charge is 0.303 e. The number of aliphatic carboxylic acids is 1. The number of piperidine rings is 1. The molecule has 1 saturated carbocycles. The highest BCUT2D eigenvalue weighted by atomic mass is 16.4. The van der Waals surface area contributed by atoms with Crippen LogP contribution in [-0.2, 0) is 9.59 Å². The second kappa shape index (κ2) is 8.40. The summed E-state index contributed by atoms with van der Waals surface area (Å²) in [6.45, 7) is 1.67. The minimum atomic E-state index is -0.706. The van der Waals surface area contributed by atoms with E-state index in [-0.39, 0.29) is 12.3 Å². The number of rotatable bonds is 4. The summed E-state index contributed by atoms with van der Waals surface area (Å²) in [5.41, 5.74) is 0. The molecule has 0 radical (unpaired) electrons. The van der Waals surface area contributed by atoms with E-state index in [0.717, 1.165) is 45.2 Å². The Hall–Kier alpha value is -1.06. The van der Waals surface area contributed by atoms with Crippen molar-refractivity contribution in [1.29, 1.82) is 0 Å². The van der Waals surface area contributed by atoms with E-state index in [9.17, 15) is 9.59 Å². The van der Waals surface area contributed by atoms with Gasteiger partial charge in [0, 0.05) is 25.4 Å². The Labute approximate surface area is 127 Å². The molecule has 1 N–H and O–H groups in total. The fourth-order valence-electron chi connectivity index (χ4n) is 3.73. The molecule has 2 rings (SSSR count). The van der Waals surface area contributed by atoms with E-state index in [1.54, 1.807) is 0 Å². The summed E-state index contributed by atoms with van der Waals surface area (Å²) in [6.07, 6.45) is 11.4. The Morgan fingerprint density at radius 3 is 2.05 bits per heavy atom. The van der Waals surface area contributed by atoms with Crippen LogP contribution in [-0.4, -0.2) is 35.0 Å². The molecule has 1 amide bonds. The van der Waals surface area contributed by atoms with Gasteiger partial charge in [0.25, 0.3) is 0 Å². The molecule has 1 saturated heterocycles. The van der Waals surface area contributed by atoms with Crippen molar-refractivity contribution in [2.45, 2.75) is 70.6 Å². The number of carbonyl (C=O) groups is 2. The first kappa shape index (κ1) is 16.3. The van der Waals surface area contributed by atoms with Crippen LogP contribution < -0.4 is 0 Å². The minimum Gasteiger partial charge on any atom is -0.481 e. The molecule has 4 nitrogen and oxygen atoms in total. The monoisotopic (exact) mass is 295 g/mol. The lowest BCUT2D eigenvalue weighted by atomic mass is 9.88. The van der Waals surface area contributed by atoms with Gasteiger partial charge < -0.3 is 10.0 Å². The quantitative estimate of drug-likeness (QED) is 0.864. The zero-order chi connectivity index (χ0) is 15.1. The predicted octanol–water partition coefficient (Wildman–Crippen LogP) is 3.45. The van der Waals surface area contributed by atoms with Gasteiger partial charge >= 0.3 is 5.97 Å². The molecule has 4 heteroatoms. The second-order valence-electron chi connectivity index (χ2n) is 6.74. The van der Waals surface area contributed by atoms with E-state index in [2.05, 4.69) is 0 Å². The number of hydrogen-bond acceptors (Lipinski definition) is 2. The van der Waals surface area contributed by atoms with Crippen molar-refractivity contribution in [3.63, 3.8) is 0 Å². The summed E-state index contributed by atoms with van der Waals surface area (Å²) in [6, 6.07) is 0. The Morgan fingerprint density at radius 1 is 0.905 bits per heavy atom. The third-order valence-corrected chi connectivity index (χ3v) is 5.15. The molecule has 0 aromatic rings. The van der Waals surface area contributed by atoms with E-state index in [1.165, 1.54) is 32.1 Å². The van der Waals surface area contributed by atoms with Crippen molar-refractivity contribution >= 4 is 11.9 Å². The average molecular weight is 295 g/mol. The molecule has 1 aliphatic heterocycles. The molecule has 0 unspecified atom stereocenters. The van der Waals surface area contributed by atoms with E-state index in [4.69, 9.17) is 5.11 Å². The Balaban J connectivity index is 1.75. The van der Waals surface area contributed by atoms with Gasteiger partial charge in [-0.05, 0) is 38.0 Å². The number of amides is 1. The van der Waals surface area contributed by atoms with Crippen LogP contribution in [0.3, 0.4) is 0 Å². The molecule has 1 heterocycles. The van der Waals surface area contributed by atoms with Gasteiger partial charge in [-0.2, -0.15) is 0 Å². The van der Waals surface area contributed by atoms with Crippen molar-refractivity contribution < 1.29 is 14.7 Å². The van der Waals surface area contributed by atoms with Crippen molar-refractivity contribution in [3.05, 3.63) is 0 Å². The molecule has 2 aliphatic rings. The SMILES string of the molecule is O=C(O)CCC1CCN(C(=O)C2CCCCCCC2)CC1. The van der Waals surface area contributed by atoms with E-state index < -0.39 is 5.97 Å². The lowest BCUT2D eigenvalue weighted by molar-refractivity contribution is -0.139. The third-order valence-electron chi connectivity index (χ3n) is 5.15. The number of nitrogens with zero attached hydrogens (tertiary/aromatic N) is 1. The maximum Gasteiger partial charge on any atom is 0.303 e. The zero-order valence-electron chi connectivity index (χ0n) is 13.1. The molecule has 1 aliphatic carbocycles. The first-order valence-electron chi connectivity index (χ1n) is 8.67. The molecule has 2 fully saturated rings. The van der Waals surface area contributed by atoms with Gasteiger partial charge in [0.1, 0.15) is 0 Å². The topological polar surface area (TPSA) is 57.6 Å². The zero-order valence-corrected chi connectivity index (χ0v) is 13.1. The first-order chi connectivity index (χ1) is 10.2. The molecule has 0 aromatic carbocycles. The summed E-state index contributed by atoms with van der Waals surface area (Å²) in [5, 5.41) is 8.74. The average Bonchev–Trinajstić information content (AvgIpc) is 2.45. The summed E-state index contributed by atoms with van der Waals surface area (Å²) < 4.78 is 0. The molecule has 120 valence electrons. The van der Waals surface area contributed by atoms with Gasteiger partial charge in [-0.25, -0.2) is 0 Å². The summed E-state index contributed by atoms with van der Waals surface area (Å²) in [7, 11) is 0. The van der Waals surface area contributed by atoms with Crippen molar-refractivity contribution in [3.8, 4) is 0 Å². The molecular formula is C17H29NO3. The molecule has 0 aromatic heterocycles. The van der Waals surface area contributed by atoms with Crippen LogP contribution in [0.15, 0.2) is 0 Å². The van der Waals surface area contributed by atoms with Crippen molar-refractivity contribution in [2.24, 2.45) is 11.8 Å². The molecule has 0 atom stereocenters. The summed E-state index contributed by atoms with van der Waals surface area (Å²) >= 11 is 0. The van der Waals surface area contributed by atoms with Gasteiger partial charge in [0.15, 0.2) is 0 Å². The van der Waals surface area contributed by atoms with Crippen LogP contribution in [0.25, 0.3) is 0 Å². The predicted molar refractivity (Wildman–Crippen MR) is 82.0 cm³/mol. The van der Waals surface area contributed by atoms with E-state index in [1.807, 2.05) is 4.90 Å². The number of likely N-dealkylation sites (tertiary alicyclic amines) is 1. The Kier molecular flexibility index (Phi) is 6.52. The van der Waals surface area contributed by atoms with Gasteiger partial charge in [-0.15, -0.1) is 0 Å². The van der Waals surface area contributed by atoms with Crippen LogP contribution in [0.1, 0.15) is 70.6 Å². The minimum absolute atomic E-state index is 0.251. The normalized spacial score (nSPS) is 22.6. The van der Waals surface area contributed by atoms with Crippen LogP contribution in [0.5, 0.6) is 0 Å². The Morgan fingerprint density at radius 2 is 1.48 bits per heavy atom. The van der Waals surface area contributed by atoms with Crippen LogP contribution in [0.2, 0.25) is 0 Å². The number of carboxylic acids is 1. The lowest BCUT2D eigenvalue weighted by Crippen LogP contribution is -2.42. The van der Waals surface area contributed by atoms with Crippen LogP contribution in [0, 0.1) is 11.8 Å². The molecule has 0 bridgehead atoms. The Bertz CT molecular complexity index is 340. The van der Waals surface area contributed by atoms with Gasteiger partial charge in [-0.3, -0.25) is 9.59 Å². The summed E-state index contributed by atoms with van der Waals surface area (Å²) in [4.78, 5) is 25.3. The molecular weight excluding hydrogens is 266 g/mol. The second-order valence-corrected chi connectivity index (χ2v) is 6.74. The highest BCUT2D eigenvalue weighted by Crippen LogP contribution is 2.27.